The molecule has 1 aromatic heterocycles. The van der Waals surface area contributed by atoms with Crippen molar-refractivity contribution in [1.29, 1.82) is 0 Å². The molecule has 0 aliphatic heterocycles. The van der Waals surface area contributed by atoms with E-state index in [4.69, 9.17) is 0 Å². The van der Waals surface area contributed by atoms with Crippen molar-refractivity contribution < 1.29 is 9.59 Å². The Morgan fingerprint density at radius 1 is 1.10 bits per heavy atom. The predicted octanol–water partition coefficient (Wildman–Crippen LogP) is 3.49. The molecule has 0 spiro atoms. The van der Waals surface area contributed by atoms with Gasteiger partial charge in [-0.05, 0) is 51.1 Å². The fourth-order valence-electron chi connectivity index (χ4n) is 3.05. The lowest BCUT2D eigenvalue weighted by Crippen LogP contribution is -2.45. The lowest BCUT2D eigenvalue weighted by Gasteiger charge is -2.22. The summed E-state index contributed by atoms with van der Waals surface area (Å²) in [5, 5.41) is 6.57. The SMILES string of the molecule is Cc1cccc(C)c1NC(=O)CNC(=O)[C@@H](C)N(C)Cc1nc2ccccc2s1. The zero-order valence-corrected chi connectivity index (χ0v) is 18.0. The molecular formula is C22H26N4O2S. The van der Waals surface area contributed by atoms with Crippen molar-refractivity contribution in [1.82, 2.24) is 15.2 Å². The van der Waals surface area contributed by atoms with E-state index >= 15 is 0 Å². The number of aryl methyl sites for hydroxylation is 2. The number of hydrogen-bond donors (Lipinski definition) is 2. The van der Waals surface area contributed by atoms with E-state index < -0.39 is 0 Å². The number of hydrogen-bond acceptors (Lipinski definition) is 5. The molecule has 1 heterocycles. The van der Waals surface area contributed by atoms with Crippen LogP contribution in [0.4, 0.5) is 5.69 Å². The summed E-state index contributed by atoms with van der Waals surface area (Å²) in [6.45, 7) is 6.22. The number of nitrogens with one attached hydrogen (secondary N) is 2. The third kappa shape index (κ3) is 5.19. The molecule has 7 heteroatoms. The van der Waals surface area contributed by atoms with Crippen LogP contribution in [-0.4, -0.2) is 41.3 Å². The van der Waals surface area contributed by atoms with E-state index in [0.29, 0.717) is 6.54 Å². The number of benzene rings is 2. The molecule has 152 valence electrons. The maximum atomic E-state index is 12.5. The largest absolute Gasteiger partial charge is 0.346 e. The van der Waals surface area contributed by atoms with Crippen LogP contribution in [-0.2, 0) is 16.1 Å². The van der Waals surface area contributed by atoms with Gasteiger partial charge < -0.3 is 10.6 Å². The fraction of sp³-hybridized carbons (Fsp3) is 0.318. The predicted molar refractivity (Wildman–Crippen MR) is 118 cm³/mol. The topological polar surface area (TPSA) is 74.3 Å². The first-order valence-electron chi connectivity index (χ1n) is 9.53. The van der Waals surface area contributed by atoms with Gasteiger partial charge in [0.05, 0.1) is 29.3 Å². The molecule has 0 bridgehead atoms. The molecule has 3 rings (SSSR count). The van der Waals surface area contributed by atoms with E-state index in [2.05, 4.69) is 15.6 Å². The van der Waals surface area contributed by atoms with E-state index in [0.717, 1.165) is 32.0 Å². The zero-order valence-electron chi connectivity index (χ0n) is 17.2. The summed E-state index contributed by atoms with van der Waals surface area (Å²) in [5.74, 6) is -0.429. The van der Waals surface area contributed by atoms with Crippen LogP contribution in [0.1, 0.15) is 23.1 Å². The Morgan fingerprint density at radius 2 is 1.79 bits per heavy atom. The summed E-state index contributed by atoms with van der Waals surface area (Å²) in [6, 6.07) is 13.4. The van der Waals surface area contributed by atoms with Gasteiger partial charge in [-0.15, -0.1) is 11.3 Å². The highest BCUT2D eigenvalue weighted by Crippen LogP contribution is 2.23. The number of amides is 2. The van der Waals surface area contributed by atoms with Crippen LogP contribution >= 0.6 is 11.3 Å². The lowest BCUT2D eigenvalue weighted by molar-refractivity contribution is -0.127. The van der Waals surface area contributed by atoms with E-state index in [1.54, 1.807) is 11.3 Å². The van der Waals surface area contributed by atoms with Crippen molar-refractivity contribution in [2.75, 3.05) is 18.9 Å². The van der Waals surface area contributed by atoms with Crippen LogP contribution in [0.15, 0.2) is 42.5 Å². The summed E-state index contributed by atoms with van der Waals surface area (Å²) < 4.78 is 1.14. The smallest absolute Gasteiger partial charge is 0.243 e. The van der Waals surface area contributed by atoms with Gasteiger partial charge >= 0.3 is 0 Å². The van der Waals surface area contributed by atoms with Gasteiger partial charge in [0, 0.05) is 5.69 Å². The second kappa shape index (κ2) is 9.15. The van der Waals surface area contributed by atoms with Crippen molar-refractivity contribution in [3.8, 4) is 0 Å². The lowest BCUT2D eigenvalue weighted by atomic mass is 10.1. The fourth-order valence-corrected chi connectivity index (χ4v) is 4.08. The number of thiazole rings is 1. The number of rotatable bonds is 7. The molecule has 0 fully saturated rings. The van der Waals surface area contributed by atoms with Crippen molar-refractivity contribution in [3.05, 3.63) is 58.6 Å². The first-order chi connectivity index (χ1) is 13.8. The van der Waals surface area contributed by atoms with Crippen LogP contribution in [0.25, 0.3) is 10.2 Å². The normalized spacial score (nSPS) is 12.2. The second-order valence-electron chi connectivity index (χ2n) is 7.20. The average Bonchev–Trinajstić information content (AvgIpc) is 3.10. The van der Waals surface area contributed by atoms with Crippen LogP contribution < -0.4 is 10.6 Å². The third-order valence-corrected chi connectivity index (χ3v) is 5.95. The summed E-state index contributed by atoms with van der Waals surface area (Å²) in [5.41, 5.74) is 3.76. The van der Waals surface area contributed by atoms with Crippen molar-refractivity contribution in [3.63, 3.8) is 0 Å². The van der Waals surface area contributed by atoms with Crippen LogP contribution in [0.5, 0.6) is 0 Å². The number of fused-ring (bicyclic) bond motifs is 1. The van der Waals surface area contributed by atoms with Crippen molar-refractivity contribution >= 4 is 39.1 Å². The Morgan fingerprint density at radius 3 is 2.48 bits per heavy atom. The molecular weight excluding hydrogens is 384 g/mol. The van der Waals surface area contributed by atoms with E-state index in [1.165, 1.54) is 0 Å². The Kier molecular flexibility index (Phi) is 6.61. The number of para-hydroxylation sites is 2. The van der Waals surface area contributed by atoms with Gasteiger partial charge in [-0.25, -0.2) is 4.98 Å². The van der Waals surface area contributed by atoms with Gasteiger partial charge in [0.1, 0.15) is 5.01 Å². The standard InChI is InChI=1S/C22H26N4O2S/c1-14-8-7-9-15(2)21(14)25-19(27)12-23-22(28)16(3)26(4)13-20-24-17-10-5-6-11-18(17)29-20/h5-11,16H,12-13H2,1-4H3,(H,23,28)(H,25,27)/t16-/m1/s1. The molecule has 6 nitrogen and oxygen atoms in total. The van der Waals surface area contributed by atoms with Crippen LogP contribution in [0.2, 0.25) is 0 Å². The number of aromatic nitrogens is 1. The highest BCUT2D eigenvalue weighted by molar-refractivity contribution is 7.18. The molecule has 2 amide bonds. The Hall–Kier alpha value is -2.77. The van der Waals surface area contributed by atoms with E-state index in [9.17, 15) is 9.59 Å². The monoisotopic (exact) mass is 410 g/mol. The molecule has 0 aliphatic carbocycles. The van der Waals surface area contributed by atoms with Gasteiger partial charge in [-0.3, -0.25) is 14.5 Å². The summed E-state index contributed by atoms with van der Waals surface area (Å²) in [4.78, 5) is 31.3. The van der Waals surface area contributed by atoms with E-state index in [1.807, 2.05) is 75.2 Å². The highest BCUT2D eigenvalue weighted by atomic mass is 32.1. The quantitative estimate of drug-likeness (QED) is 0.625. The van der Waals surface area contributed by atoms with Gasteiger partial charge in [0.2, 0.25) is 11.8 Å². The van der Waals surface area contributed by atoms with Gasteiger partial charge in [-0.2, -0.15) is 0 Å². The first kappa shape index (κ1) is 21.0. The second-order valence-corrected chi connectivity index (χ2v) is 8.31. The molecule has 2 aromatic carbocycles. The maximum Gasteiger partial charge on any atom is 0.243 e. The average molecular weight is 411 g/mol. The molecule has 0 radical (unpaired) electrons. The number of likely N-dealkylation sites (N-methyl/N-ethyl adjacent to an activating group) is 1. The molecule has 1 atom stereocenters. The van der Waals surface area contributed by atoms with Crippen molar-refractivity contribution in [2.24, 2.45) is 0 Å². The maximum absolute atomic E-state index is 12.5. The molecule has 0 saturated carbocycles. The molecule has 2 N–H and O–H groups in total. The van der Waals surface area contributed by atoms with Crippen LogP contribution in [0, 0.1) is 13.8 Å². The summed E-state index contributed by atoms with van der Waals surface area (Å²) in [7, 11) is 1.88. The Bertz CT molecular complexity index is 977. The number of nitrogens with zero attached hydrogens (tertiary/aromatic N) is 2. The summed E-state index contributed by atoms with van der Waals surface area (Å²) in [6.07, 6.45) is 0. The molecule has 29 heavy (non-hydrogen) atoms. The van der Waals surface area contributed by atoms with E-state index in [-0.39, 0.29) is 24.4 Å². The van der Waals surface area contributed by atoms with Crippen molar-refractivity contribution in [2.45, 2.75) is 33.4 Å². The van der Waals surface area contributed by atoms with Gasteiger partial charge in [0.25, 0.3) is 0 Å². The minimum absolute atomic E-state index is 0.0636. The molecule has 0 unspecified atom stereocenters. The zero-order chi connectivity index (χ0) is 21.0. The molecule has 0 aliphatic rings. The minimum Gasteiger partial charge on any atom is -0.346 e. The first-order valence-corrected chi connectivity index (χ1v) is 10.3. The molecule has 3 aromatic rings. The minimum atomic E-state index is -0.380. The van der Waals surface area contributed by atoms with Gasteiger partial charge in [0.15, 0.2) is 0 Å². The van der Waals surface area contributed by atoms with Gasteiger partial charge in [-0.1, -0.05) is 30.3 Å². The number of anilines is 1. The third-order valence-electron chi connectivity index (χ3n) is 4.93. The molecule has 0 saturated heterocycles. The highest BCUT2D eigenvalue weighted by Gasteiger charge is 2.20. The van der Waals surface area contributed by atoms with Crippen LogP contribution in [0.3, 0.4) is 0 Å². The summed E-state index contributed by atoms with van der Waals surface area (Å²) >= 11 is 1.63. The Balaban J connectivity index is 1.52. The number of carbonyl (C=O) groups excluding carboxylic acids is 2. The Labute approximate surface area is 174 Å². The number of carbonyl (C=O) groups is 2.